The summed E-state index contributed by atoms with van der Waals surface area (Å²) in [5.74, 6) is 0.909. The molecule has 0 amide bonds. The maximum absolute atomic E-state index is 3.57. The number of hydrogen-bond acceptors (Lipinski definition) is 3. The van der Waals surface area contributed by atoms with Crippen molar-refractivity contribution in [1.82, 2.24) is 15.1 Å². The normalized spacial score (nSPS) is 34.9. The van der Waals surface area contributed by atoms with Crippen LogP contribution in [0.1, 0.15) is 26.2 Å². The molecule has 2 atom stereocenters. The van der Waals surface area contributed by atoms with Crippen molar-refractivity contribution < 1.29 is 0 Å². The lowest BCUT2D eigenvalue weighted by atomic mass is 9.98. The molecule has 2 unspecified atom stereocenters. The van der Waals surface area contributed by atoms with Crippen LogP contribution < -0.4 is 5.32 Å². The van der Waals surface area contributed by atoms with Gasteiger partial charge in [0.25, 0.3) is 0 Å². The second-order valence-corrected chi connectivity index (χ2v) is 5.71. The highest BCUT2D eigenvalue weighted by Crippen LogP contribution is 2.17. The zero-order valence-electron chi connectivity index (χ0n) is 10.9. The minimum atomic E-state index is 0.707. The first kappa shape index (κ1) is 12.3. The first-order chi connectivity index (χ1) is 7.74. The molecule has 94 valence electrons. The number of piperidine rings is 1. The van der Waals surface area contributed by atoms with Crippen molar-refractivity contribution in [2.24, 2.45) is 5.92 Å². The third-order valence-electron chi connectivity index (χ3n) is 4.04. The molecular formula is C13H27N3. The second kappa shape index (κ2) is 5.99. The zero-order chi connectivity index (χ0) is 11.4. The summed E-state index contributed by atoms with van der Waals surface area (Å²) in [6, 6.07) is 0.707. The molecule has 0 spiro atoms. The maximum Gasteiger partial charge on any atom is 0.0107 e. The van der Waals surface area contributed by atoms with Gasteiger partial charge in [0.15, 0.2) is 0 Å². The summed E-state index contributed by atoms with van der Waals surface area (Å²) in [7, 11) is 2.26. The molecular weight excluding hydrogens is 198 g/mol. The molecule has 2 rings (SSSR count). The number of likely N-dealkylation sites (tertiary alicyclic amines) is 1. The van der Waals surface area contributed by atoms with E-state index in [0.717, 1.165) is 5.92 Å². The monoisotopic (exact) mass is 225 g/mol. The van der Waals surface area contributed by atoms with Crippen molar-refractivity contribution in [2.75, 3.05) is 46.3 Å². The highest BCUT2D eigenvalue weighted by Gasteiger charge is 2.21. The first-order valence-corrected chi connectivity index (χ1v) is 6.88. The Balaban J connectivity index is 1.75. The van der Waals surface area contributed by atoms with Gasteiger partial charge in [-0.3, -0.25) is 0 Å². The average molecular weight is 225 g/mol. The van der Waals surface area contributed by atoms with Crippen LogP contribution >= 0.6 is 0 Å². The van der Waals surface area contributed by atoms with Crippen LogP contribution in [0.25, 0.3) is 0 Å². The molecule has 0 aromatic rings. The molecule has 0 aromatic carbocycles. The summed E-state index contributed by atoms with van der Waals surface area (Å²) in [6.45, 7) is 9.92. The highest BCUT2D eigenvalue weighted by molar-refractivity contribution is 4.77. The Labute approximate surface area is 100 Å². The van der Waals surface area contributed by atoms with E-state index in [1.165, 1.54) is 58.5 Å². The van der Waals surface area contributed by atoms with Gasteiger partial charge >= 0.3 is 0 Å². The molecule has 0 bridgehead atoms. The van der Waals surface area contributed by atoms with E-state index in [2.05, 4.69) is 29.1 Å². The molecule has 2 heterocycles. The molecule has 1 N–H and O–H groups in total. The summed E-state index contributed by atoms with van der Waals surface area (Å²) in [5.41, 5.74) is 0. The van der Waals surface area contributed by atoms with Crippen LogP contribution in [-0.2, 0) is 0 Å². The number of hydrogen-bond donors (Lipinski definition) is 1. The maximum atomic E-state index is 3.57. The van der Waals surface area contributed by atoms with Gasteiger partial charge in [-0.2, -0.15) is 0 Å². The Hall–Kier alpha value is -0.120. The van der Waals surface area contributed by atoms with Crippen LogP contribution in [-0.4, -0.2) is 62.2 Å². The Bertz CT molecular complexity index is 207. The van der Waals surface area contributed by atoms with Crippen molar-refractivity contribution in [2.45, 2.75) is 32.2 Å². The van der Waals surface area contributed by atoms with Gasteiger partial charge in [-0.05, 0) is 52.2 Å². The summed E-state index contributed by atoms with van der Waals surface area (Å²) in [5, 5.41) is 3.57. The van der Waals surface area contributed by atoms with Gasteiger partial charge in [0, 0.05) is 32.2 Å². The lowest BCUT2D eigenvalue weighted by Crippen LogP contribution is -2.40. The molecule has 3 nitrogen and oxygen atoms in total. The third-order valence-corrected chi connectivity index (χ3v) is 4.04. The fourth-order valence-electron chi connectivity index (χ4n) is 3.03. The van der Waals surface area contributed by atoms with Crippen molar-refractivity contribution in [1.29, 1.82) is 0 Å². The molecule has 16 heavy (non-hydrogen) atoms. The topological polar surface area (TPSA) is 18.5 Å². The largest absolute Gasteiger partial charge is 0.313 e. The average Bonchev–Trinajstić information content (AvgIpc) is 2.44. The molecule has 0 aromatic heterocycles. The van der Waals surface area contributed by atoms with E-state index >= 15 is 0 Å². The van der Waals surface area contributed by atoms with E-state index in [1.54, 1.807) is 0 Å². The predicted octanol–water partition coefficient (Wildman–Crippen LogP) is 1.01. The van der Waals surface area contributed by atoms with Gasteiger partial charge in [0.1, 0.15) is 0 Å². The Morgan fingerprint density at radius 1 is 1.19 bits per heavy atom. The quantitative estimate of drug-likeness (QED) is 0.757. The van der Waals surface area contributed by atoms with Crippen LogP contribution in [0.5, 0.6) is 0 Å². The van der Waals surface area contributed by atoms with Crippen molar-refractivity contribution >= 4 is 0 Å². The van der Waals surface area contributed by atoms with E-state index in [0.29, 0.717) is 6.04 Å². The second-order valence-electron chi connectivity index (χ2n) is 5.71. The van der Waals surface area contributed by atoms with Crippen molar-refractivity contribution in [3.63, 3.8) is 0 Å². The SMILES string of the molecule is CC1CCN(CC2CCCN(C)C2)CCN1. The first-order valence-electron chi connectivity index (χ1n) is 6.88. The molecule has 0 radical (unpaired) electrons. The predicted molar refractivity (Wildman–Crippen MR) is 68.7 cm³/mol. The molecule has 2 fully saturated rings. The van der Waals surface area contributed by atoms with Gasteiger partial charge in [-0.1, -0.05) is 0 Å². The van der Waals surface area contributed by atoms with E-state index in [4.69, 9.17) is 0 Å². The van der Waals surface area contributed by atoms with E-state index in [9.17, 15) is 0 Å². The molecule has 3 heteroatoms. The van der Waals surface area contributed by atoms with Crippen molar-refractivity contribution in [3.05, 3.63) is 0 Å². The minimum Gasteiger partial charge on any atom is -0.313 e. The van der Waals surface area contributed by atoms with E-state index in [1.807, 2.05) is 0 Å². The van der Waals surface area contributed by atoms with Crippen LogP contribution in [0.4, 0.5) is 0 Å². The zero-order valence-corrected chi connectivity index (χ0v) is 10.9. The van der Waals surface area contributed by atoms with E-state index in [-0.39, 0.29) is 0 Å². The van der Waals surface area contributed by atoms with Gasteiger partial charge in [0.2, 0.25) is 0 Å². The van der Waals surface area contributed by atoms with E-state index < -0.39 is 0 Å². The summed E-state index contributed by atoms with van der Waals surface area (Å²) >= 11 is 0. The van der Waals surface area contributed by atoms with Crippen LogP contribution in [0.2, 0.25) is 0 Å². The molecule has 0 aliphatic carbocycles. The molecule has 2 aliphatic heterocycles. The standard InChI is InChI=1S/C13H27N3/c1-12-5-8-16(9-6-14-12)11-13-4-3-7-15(2)10-13/h12-14H,3-11H2,1-2H3. The molecule has 2 saturated heterocycles. The Morgan fingerprint density at radius 2 is 2.06 bits per heavy atom. The summed E-state index contributed by atoms with van der Waals surface area (Å²) < 4.78 is 0. The smallest absolute Gasteiger partial charge is 0.0107 e. The van der Waals surface area contributed by atoms with Crippen LogP contribution in [0.3, 0.4) is 0 Å². The van der Waals surface area contributed by atoms with Gasteiger partial charge in [0.05, 0.1) is 0 Å². The lowest BCUT2D eigenvalue weighted by molar-refractivity contribution is 0.155. The fourth-order valence-corrected chi connectivity index (χ4v) is 3.03. The third kappa shape index (κ3) is 3.72. The fraction of sp³-hybridized carbons (Fsp3) is 1.00. The molecule has 0 saturated carbocycles. The number of nitrogens with one attached hydrogen (secondary N) is 1. The van der Waals surface area contributed by atoms with Gasteiger partial charge in [-0.25, -0.2) is 0 Å². The number of rotatable bonds is 2. The Morgan fingerprint density at radius 3 is 2.88 bits per heavy atom. The summed E-state index contributed by atoms with van der Waals surface area (Å²) in [4.78, 5) is 5.16. The molecule has 2 aliphatic rings. The van der Waals surface area contributed by atoms with Crippen LogP contribution in [0, 0.1) is 5.92 Å². The van der Waals surface area contributed by atoms with Crippen LogP contribution in [0.15, 0.2) is 0 Å². The van der Waals surface area contributed by atoms with Crippen molar-refractivity contribution in [3.8, 4) is 0 Å². The minimum absolute atomic E-state index is 0.707. The van der Waals surface area contributed by atoms with Gasteiger partial charge in [-0.15, -0.1) is 0 Å². The summed E-state index contributed by atoms with van der Waals surface area (Å²) in [6.07, 6.45) is 4.13. The van der Waals surface area contributed by atoms with Gasteiger partial charge < -0.3 is 15.1 Å². The lowest BCUT2D eigenvalue weighted by Gasteiger charge is -2.33. The number of nitrogens with zero attached hydrogens (tertiary/aromatic N) is 2. The highest BCUT2D eigenvalue weighted by atomic mass is 15.2. The Kier molecular flexibility index (Phi) is 4.62.